The van der Waals surface area contributed by atoms with Crippen molar-refractivity contribution in [2.24, 2.45) is 0 Å². The van der Waals surface area contributed by atoms with Gasteiger partial charge in [-0.2, -0.15) is 0 Å². The van der Waals surface area contributed by atoms with Crippen LogP contribution >= 0.6 is 11.6 Å². The molecule has 3 heteroatoms. The fourth-order valence-electron chi connectivity index (χ4n) is 2.14. The molecular weight excluding hydrogens is 282 g/mol. The zero-order valence-corrected chi connectivity index (χ0v) is 12.1. The Kier molecular flexibility index (Phi) is 4.17. The molecule has 0 atom stereocenters. The summed E-state index contributed by atoms with van der Waals surface area (Å²) in [6.07, 6.45) is 3.43. The lowest BCUT2D eigenvalue weighted by Gasteiger charge is -2.13. The van der Waals surface area contributed by atoms with Crippen LogP contribution in [0.25, 0.3) is 11.1 Å². The van der Waals surface area contributed by atoms with Crippen molar-refractivity contribution in [1.29, 1.82) is 0 Å². The van der Waals surface area contributed by atoms with Crippen LogP contribution in [0.15, 0.2) is 73.1 Å². The average Bonchev–Trinajstić information content (AvgIpc) is 2.57. The van der Waals surface area contributed by atoms with Gasteiger partial charge >= 0.3 is 0 Å². The van der Waals surface area contributed by atoms with Gasteiger partial charge in [0.05, 0.1) is 5.88 Å². The first kappa shape index (κ1) is 13.7. The molecule has 0 N–H and O–H groups in total. The summed E-state index contributed by atoms with van der Waals surface area (Å²) in [4.78, 5) is 4.07. The van der Waals surface area contributed by atoms with Crippen molar-refractivity contribution in [3.8, 4) is 22.6 Å². The second-order valence-corrected chi connectivity index (χ2v) is 4.85. The molecular formula is C18H14ClNO. The highest BCUT2D eigenvalue weighted by atomic mass is 35.5. The van der Waals surface area contributed by atoms with Crippen LogP contribution in [0.2, 0.25) is 0 Å². The van der Waals surface area contributed by atoms with E-state index in [1.54, 1.807) is 12.4 Å². The number of ether oxygens (including phenoxy) is 1. The summed E-state index contributed by atoms with van der Waals surface area (Å²) in [5, 5.41) is 0. The van der Waals surface area contributed by atoms with Crippen LogP contribution < -0.4 is 4.74 Å². The van der Waals surface area contributed by atoms with Crippen LogP contribution in [-0.4, -0.2) is 4.98 Å². The molecule has 0 spiro atoms. The van der Waals surface area contributed by atoms with Gasteiger partial charge in [0, 0.05) is 23.5 Å². The number of rotatable bonds is 4. The number of hydrogen-bond acceptors (Lipinski definition) is 2. The highest BCUT2D eigenvalue weighted by Gasteiger charge is 2.09. The van der Waals surface area contributed by atoms with E-state index in [1.165, 1.54) is 0 Å². The molecule has 0 unspecified atom stereocenters. The van der Waals surface area contributed by atoms with Gasteiger partial charge in [-0.15, -0.1) is 11.6 Å². The summed E-state index contributed by atoms with van der Waals surface area (Å²) in [5.41, 5.74) is 3.05. The summed E-state index contributed by atoms with van der Waals surface area (Å²) in [6.45, 7) is 0. The molecule has 1 heterocycles. The van der Waals surface area contributed by atoms with Gasteiger partial charge < -0.3 is 4.74 Å². The van der Waals surface area contributed by atoms with Crippen molar-refractivity contribution in [1.82, 2.24) is 4.98 Å². The van der Waals surface area contributed by atoms with E-state index >= 15 is 0 Å². The monoisotopic (exact) mass is 295 g/mol. The largest absolute Gasteiger partial charge is 0.456 e. The molecule has 0 radical (unpaired) electrons. The summed E-state index contributed by atoms with van der Waals surface area (Å²) in [5.74, 6) is 1.92. The number of pyridine rings is 1. The number of halogens is 1. The number of hydrogen-bond donors (Lipinski definition) is 0. The lowest BCUT2D eigenvalue weighted by molar-refractivity contribution is 0.479. The summed E-state index contributed by atoms with van der Waals surface area (Å²) in [6, 6.07) is 20.0. The van der Waals surface area contributed by atoms with Gasteiger partial charge in [0.25, 0.3) is 0 Å². The Bertz CT molecular complexity index is 728. The molecule has 0 aliphatic heterocycles. The molecule has 0 saturated heterocycles. The van der Waals surface area contributed by atoms with Crippen molar-refractivity contribution in [2.75, 3.05) is 0 Å². The van der Waals surface area contributed by atoms with E-state index in [1.807, 2.05) is 48.5 Å². The smallest absolute Gasteiger partial charge is 0.135 e. The van der Waals surface area contributed by atoms with E-state index in [0.29, 0.717) is 5.88 Å². The van der Waals surface area contributed by atoms with E-state index in [9.17, 15) is 0 Å². The zero-order valence-electron chi connectivity index (χ0n) is 11.4. The minimum absolute atomic E-state index is 0.372. The van der Waals surface area contributed by atoms with Gasteiger partial charge in [0.1, 0.15) is 11.5 Å². The van der Waals surface area contributed by atoms with Crippen LogP contribution in [0.4, 0.5) is 0 Å². The maximum absolute atomic E-state index is 6.06. The predicted octanol–water partition coefficient (Wildman–Crippen LogP) is 5.28. The fourth-order valence-corrected chi connectivity index (χ4v) is 2.35. The summed E-state index contributed by atoms with van der Waals surface area (Å²) < 4.78 is 6.06. The fraction of sp³-hybridized carbons (Fsp3) is 0.0556. The first-order chi connectivity index (χ1) is 10.4. The molecule has 104 valence electrons. The normalized spacial score (nSPS) is 10.3. The molecule has 2 nitrogen and oxygen atoms in total. The molecule has 21 heavy (non-hydrogen) atoms. The molecule has 0 saturated carbocycles. The van der Waals surface area contributed by atoms with Crippen LogP contribution in [0.3, 0.4) is 0 Å². The second-order valence-electron chi connectivity index (χ2n) is 4.58. The summed E-state index contributed by atoms with van der Waals surface area (Å²) >= 11 is 5.94. The quantitative estimate of drug-likeness (QED) is 0.611. The van der Waals surface area contributed by atoms with Gasteiger partial charge in [-0.25, -0.2) is 0 Å². The number of benzene rings is 2. The Morgan fingerprint density at radius 2 is 1.62 bits per heavy atom. The number of nitrogens with zero attached hydrogens (tertiary/aromatic N) is 1. The molecule has 3 aromatic rings. The third kappa shape index (κ3) is 3.06. The average molecular weight is 296 g/mol. The standard InChI is InChI=1S/C18H14ClNO/c19-12-15-13-20-11-10-17(15)21-18-9-5-4-8-16(18)14-6-2-1-3-7-14/h1-11,13H,12H2. The number of alkyl halides is 1. The lowest BCUT2D eigenvalue weighted by atomic mass is 10.0. The van der Waals surface area contributed by atoms with Gasteiger partial charge in [-0.1, -0.05) is 48.5 Å². The third-order valence-electron chi connectivity index (χ3n) is 3.19. The SMILES string of the molecule is ClCc1cnccc1Oc1ccccc1-c1ccccc1. The zero-order chi connectivity index (χ0) is 14.5. The highest BCUT2D eigenvalue weighted by Crippen LogP contribution is 2.34. The summed E-state index contributed by atoms with van der Waals surface area (Å²) in [7, 11) is 0. The Morgan fingerprint density at radius 1 is 0.857 bits per heavy atom. The van der Waals surface area contributed by atoms with Crippen molar-refractivity contribution < 1.29 is 4.74 Å². The van der Waals surface area contributed by atoms with Gasteiger partial charge in [0.15, 0.2) is 0 Å². The predicted molar refractivity (Wildman–Crippen MR) is 85.7 cm³/mol. The van der Waals surface area contributed by atoms with E-state index in [4.69, 9.17) is 16.3 Å². The van der Waals surface area contributed by atoms with E-state index < -0.39 is 0 Å². The van der Waals surface area contributed by atoms with Crippen LogP contribution in [-0.2, 0) is 5.88 Å². The van der Waals surface area contributed by atoms with Crippen molar-refractivity contribution in [2.45, 2.75) is 5.88 Å². The minimum Gasteiger partial charge on any atom is -0.456 e. The van der Waals surface area contributed by atoms with E-state index in [0.717, 1.165) is 28.2 Å². The molecule has 0 aliphatic rings. The maximum atomic E-state index is 6.06. The van der Waals surface area contributed by atoms with Crippen molar-refractivity contribution in [3.63, 3.8) is 0 Å². The Balaban J connectivity index is 2.00. The molecule has 1 aromatic heterocycles. The van der Waals surface area contributed by atoms with Crippen LogP contribution in [0.1, 0.15) is 5.56 Å². The molecule has 3 rings (SSSR count). The molecule has 0 amide bonds. The lowest BCUT2D eigenvalue weighted by Crippen LogP contribution is -1.92. The highest BCUT2D eigenvalue weighted by molar-refractivity contribution is 6.17. The van der Waals surface area contributed by atoms with Crippen LogP contribution in [0, 0.1) is 0 Å². The first-order valence-corrected chi connectivity index (χ1v) is 7.23. The van der Waals surface area contributed by atoms with Gasteiger partial charge in [0.2, 0.25) is 0 Å². The Morgan fingerprint density at radius 3 is 2.43 bits per heavy atom. The van der Waals surface area contributed by atoms with Crippen LogP contribution in [0.5, 0.6) is 11.5 Å². The van der Waals surface area contributed by atoms with E-state index in [-0.39, 0.29) is 0 Å². The van der Waals surface area contributed by atoms with E-state index in [2.05, 4.69) is 17.1 Å². The third-order valence-corrected chi connectivity index (χ3v) is 3.48. The van der Waals surface area contributed by atoms with Gasteiger partial charge in [-0.3, -0.25) is 4.98 Å². The molecule has 0 bridgehead atoms. The van der Waals surface area contributed by atoms with Crippen molar-refractivity contribution in [3.05, 3.63) is 78.6 Å². The van der Waals surface area contributed by atoms with Crippen molar-refractivity contribution >= 4 is 11.6 Å². The second kappa shape index (κ2) is 6.42. The Hall–Kier alpha value is -2.32. The first-order valence-electron chi connectivity index (χ1n) is 6.69. The minimum atomic E-state index is 0.372. The molecule has 0 fully saturated rings. The maximum Gasteiger partial charge on any atom is 0.135 e. The molecule has 2 aromatic carbocycles. The molecule has 0 aliphatic carbocycles. The number of para-hydroxylation sites is 1. The topological polar surface area (TPSA) is 22.1 Å². The van der Waals surface area contributed by atoms with Gasteiger partial charge in [-0.05, 0) is 17.7 Å². The Labute approximate surface area is 129 Å². The number of aromatic nitrogens is 1.